The second-order valence-electron chi connectivity index (χ2n) is 19.4. The van der Waals surface area contributed by atoms with E-state index in [2.05, 4.69) is 82.8 Å². The van der Waals surface area contributed by atoms with E-state index in [4.69, 9.17) is 0 Å². The highest BCUT2D eigenvalue weighted by Gasteiger charge is 2.18. The molecule has 12 N–H and O–H groups in total. The zero-order chi connectivity index (χ0) is 40.1. The van der Waals surface area contributed by atoms with Gasteiger partial charge in [0.25, 0.3) is 0 Å². The van der Waals surface area contributed by atoms with Gasteiger partial charge in [-0.1, -0.05) is 92.4 Å². The SMILES string of the molecule is CCCCCCCCCC[NH2+]CC(CCCC(C)C[NH2+]CCCCCC[N+](C)(C)C)CCCC(CCCC(CC)C[NH3+])C[NH2+]CC(O)C[NH2+]CC(C)CC.[Cl-].[Cl-].[Cl-].[Cl-].[Cl-].[Cl-]. The molecular formula is C47H108Cl6N6O. The maximum absolute atomic E-state index is 10.7. The Morgan fingerprint density at radius 3 is 1.30 bits per heavy atom. The second-order valence-corrected chi connectivity index (χ2v) is 19.4. The summed E-state index contributed by atoms with van der Waals surface area (Å²) in [6.07, 6.45) is 31.6. The summed E-state index contributed by atoms with van der Waals surface area (Å²) < 4.78 is 1.10. The van der Waals surface area contributed by atoms with Crippen LogP contribution in [0.4, 0.5) is 0 Å². The van der Waals surface area contributed by atoms with Gasteiger partial charge in [-0.3, -0.25) is 0 Å². The van der Waals surface area contributed by atoms with Crippen LogP contribution < -0.4 is 101 Å². The molecule has 0 aliphatic heterocycles. The number of quaternary nitrogens is 6. The molecule has 13 heteroatoms. The van der Waals surface area contributed by atoms with Crippen LogP contribution in [0, 0.1) is 29.6 Å². The Balaban J connectivity index is -0.000000936. The monoisotopic (exact) mass is 983 g/mol. The van der Waals surface area contributed by atoms with Crippen LogP contribution in [0.1, 0.15) is 182 Å². The number of halogens is 6. The van der Waals surface area contributed by atoms with E-state index in [-0.39, 0.29) is 80.5 Å². The van der Waals surface area contributed by atoms with Crippen LogP contribution in [0.15, 0.2) is 0 Å². The lowest BCUT2D eigenvalue weighted by atomic mass is 9.88. The molecule has 60 heavy (non-hydrogen) atoms. The van der Waals surface area contributed by atoms with Crippen LogP contribution in [-0.2, 0) is 0 Å². The smallest absolute Gasteiger partial charge is 0.151 e. The molecule has 0 aliphatic carbocycles. The van der Waals surface area contributed by atoms with Gasteiger partial charge in [0.05, 0.1) is 73.5 Å². The lowest BCUT2D eigenvalue weighted by molar-refractivity contribution is -0.870. The molecule has 0 aromatic carbocycles. The molecular weight excluding hydrogens is 877 g/mol. The van der Waals surface area contributed by atoms with Crippen molar-refractivity contribution >= 4 is 0 Å². The number of hydrogen-bond acceptors (Lipinski definition) is 1. The van der Waals surface area contributed by atoms with Gasteiger partial charge in [0, 0.05) is 29.6 Å². The van der Waals surface area contributed by atoms with E-state index in [0.29, 0.717) is 0 Å². The highest BCUT2D eigenvalue weighted by Crippen LogP contribution is 2.22. The zero-order valence-electron chi connectivity index (χ0n) is 41.0. The average molecular weight is 986 g/mol. The van der Waals surface area contributed by atoms with Gasteiger partial charge in [0.2, 0.25) is 0 Å². The first-order chi connectivity index (χ1) is 26.0. The van der Waals surface area contributed by atoms with Crippen molar-refractivity contribution in [3.63, 3.8) is 0 Å². The van der Waals surface area contributed by atoms with Crippen molar-refractivity contribution in [3.05, 3.63) is 0 Å². The molecule has 0 rings (SSSR count). The van der Waals surface area contributed by atoms with Crippen molar-refractivity contribution in [3.8, 4) is 0 Å². The lowest BCUT2D eigenvalue weighted by Gasteiger charge is -2.23. The number of rotatable bonds is 43. The molecule has 6 unspecified atom stereocenters. The van der Waals surface area contributed by atoms with Crippen LogP contribution in [0.3, 0.4) is 0 Å². The van der Waals surface area contributed by atoms with Crippen LogP contribution in [-0.4, -0.2) is 102 Å². The van der Waals surface area contributed by atoms with Crippen molar-refractivity contribution in [1.29, 1.82) is 0 Å². The predicted molar refractivity (Wildman–Crippen MR) is 235 cm³/mol. The maximum Gasteiger partial charge on any atom is 0.151 e. The Bertz CT molecular complexity index is 772. The first-order valence-electron chi connectivity index (χ1n) is 24.6. The van der Waals surface area contributed by atoms with E-state index in [1.807, 2.05) is 0 Å². The average Bonchev–Trinajstić information content (AvgIpc) is 3.14. The van der Waals surface area contributed by atoms with E-state index in [9.17, 15) is 5.11 Å². The number of unbranched alkanes of at least 4 members (excludes halogenated alkanes) is 10. The van der Waals surface area contributed by atoms with E-state index in [1.54, 1.807) is 0 Å². The van der Waals surface area contributed by atoms with Crippen molar-refractivity contribution in [2.24, 2.45) is 29.6 Å². The predicted octanol–water partition coefficient (Wildman–Crippen LogP) is -13.3. The summed E-state index contributed by atoms with van der Waals surface area (Å²) in [6.45, 7) is 23.4. The number of hydrogen-bond donors (Lipinski definition) is 6. The Morgan fingerprint density at radius 1 is 0.433 bits per heavy atom. The summed E-state index contributed by atoms with van der Waals surface area (Å²) >= 11 is 0. The molecule has 0 amide bonds. The second kappa shape index (κ2) is 54.8. The molecule has 0 saturated carbocycles. The fourth-order valence-electron chi connectivity index (χ4n) is 8.34. The van der Waals surface area contributed by atoms with Crippen molar-refractivity contribution in [2.75, 3.05) is 86.6 Å². The van der Waals surface area contributed by atoms with Gasteiger partial charge in [-0.25, -0.2) is 0 Å². The third-order valence-corrected chi connectivity index (χ3v) is 12.7. The molecule has 0 aromatic heterocycles. The zero-order valence-corrected chi connectivity index (χ0v) is 45.5. The van der Waals surface area contributed by atoms with Crippen molar-refractivity contribution < 1.29 is 111 Å². The number of nitrogens with two attached hydrogens (primary N) is 4. The third-order valence-electron chi connectivity index (χ3n) is 12.7. The molecule has 0 spiro atoms. The molecule has 0 radical (unpaired) electrons. The molecule has 0 aromatic rings. The molecule has 374 valence electrons. The molecule has 0 bridgehead atoms. The summed E-state index contributed by atoms with van der Waals surface area (Å²) in [4.78, 5) is 0. The third kappa shape index (κ3) is 53.8. The molecule has 0 saturated heterocycles. The topological polar surface area (TPSA) is 114 Å². The summed E-state index contributed by atoms with van der Waals surface area (Å²) in [6, 6.07) is 0. The van der Waals surface area contributed by atoms with Gasteiger partial charge < -0.3 is 111 Å². The summed E-state index contributed by atoms with van der Waals surface area (Å²) in [5, 5.41) is 20.7. The van der Waals surface area contributed by atoms with Gasteiger partial charge in [-0.2, -0.15) is 0 Å². The highest BCUT2D eigenvalue weighted by atomic mass is 35.5. The van der Waals surface area contributed by atoms with E-state index in [1.165, 1.54) is 187 Å². The van der Waals surface area contributed by atoms with E-state index >= 15 is 0 Å². The fraction of sp³-hybridized carbons (Fsp3) is 1.00. The summed E-state index contributed by atoms with van der Waals surface area (Å²) in [5.41, 5.74) is 4.22. The van der Waals surface area contributed by atoms with Crippen molar-refractivity contribution in [2.45, 2.75) is 188 Å². The molecule has 0 fully saturated rings. The van der Waals surface area contributed by atoms with Gasteiger partial charge in [0.1, 0.15) is 13.1 Å². The Morgan fingerprint density at radius 2 is 0.833 bits per heavy atom. The Kier molecular flexibility index (Phi) is 69.2. The quantitative estimate of drug-likeness (QED) is 0.0265. The van der Waals surface area contributed by atoms with Gasteiger partial charge in [-0.05, 0) is 89.9 Å². The Hall–Kier alpha value is 1.46. The first-order valence-corrected chi connectivity index (χ1v) is 24.6. The van der Waals surface area contributed by atoms with Crippen LogP contribution >= 0.6 is 0 Å². The van der Waals surface area contributed by atoms with Crippen molar-refractivity contribution in [1.82, 2.24) is 0 Å². The molecule has 7 nitrogen and oxygen atoms in total. The van der Waals surface area contributed by atoms with E-state index < -0.39 is 0 Å². The number of aliphatic hydroxyl groups is 1. The number of aliphatic hydroxyl groups excluding tert-OH is 1. The lowest BCUT2D eigenvalue weighted by Crippen LogP contribution is -3.00. The molecule has 0 heterocycles. The normalized spacial score (nSPS) is 14.1. The molecule has 0 aliphatic rings. The van der Waals surface area contributed by atoms with Crippen LogP contribution in [0.5, 0.6) is 0 Å². The van der Waals surface area contributed by atoms with Gasteiger partial charge in [-0.15, -0.1) is 0 Å². The van der Waals surface area contributed by atoms with Crippen LogP contribution in [0.2, 0.25) is 0 Å². The minimum atomic E-state index is -0.200. The first kappa shape index (κ1) is 75.7. The molecule has 6 atom stereocenters. The largest absolute Gasteiger partial charge is 1.00 e. The van der Waals surface area contributed by atoms with E-state index in [0.717, 1.165) is 60.3 Å². The summed E-state index contributed by atoms with van der Waals surface area (Å²) in [5.74, 6) is 4.00. The standard InChI is InChI=1S/C47H103N6O.6ClH/c1-9-12-13-14-15-16-17-20-33-50-38-45(28-23-26-43(5)37-49-32-21-18-19-22-34-53(6,7)8)30-25-31-46(29-24-27-44(11-3)35-48)39-52-41-47(54)40-51-36-42(4)10-2;;;;;;/h42-47,49-52,54H,9-41,48H2,1-8H3;6*1H/q+1;;;;;;/p-1. The number of nitrogens with zero attached hydrogens (tertiary/aromatic N) is 1. The maximum atomic E-state index is 10.7. The van der Waals surface area contributed by atoms with Gasteiger partial charge >= 0.3 is 0 Å². The Labute approximate surface area is 413 Å². The van der Waals surface area contributed by atoms with Gasteiger partial charge in [0.15, 0.2) is 6.10 Å². The fourth-order valence-corrected chi connectivity index (χ4v) is 8.34. The highest BCUT2D eigenvalue weighted by molar-refractivity contribution is 4.66. The van der Waals surface area contributed by atoms with Crippen LogP contribution in [0.25, 0.3) is 0 Å². The minimum absolute atomic E-state index is 0. The minimum Gasteiger partial charge on any atom is -1.00 e. The summed E-state index contributed by atoms with van der Waals surface area (Å²) in [7, 11) is 6.93.